The largest absolute Gasteiger partial charge is 0.513 e. The lowest BCUT2D eigenvalue weighted by Crippen LogP contribution is -2.13. The highest BCUT2D eigenvalue weighted by Gasteiger charge is 2.05. The van der Waals surface area contributed by atoms with Crippen molar-refractivity contribution >= 4 is 0 Å². The highest BCUT2D eigenvalue weighted by molar-refractivity contribution is 4.90. The van der Waals surface area contributed by atoms with Crippen molar-refractivity contribution in [2.75, 3.05) is 19.8 Å². The van der Waals surface area contributed by atoms with Gasteiger partial charge in [-0.25, -0.2) is 0 Å². The summed E-state index contributed by atoms with van der Waals surface area (Å²) in [6, 6.07) is 0. The molecule has 0 fully saturated rings. The molecule has 6 nitrogen and oxygen atoms in total. The standard InChI is InChI=1S/C12H22O6/c13-7-5-10(15)2-1-9-18-12(17)4-3-11(16)6-8-14/h5-6,12-17H,1-4,7-9H2. The van der Waals surface area contributed by atoms with Gasteiger partial charge in [-0.05, 0) is 18.6 Å². The van der Waals surface area contributed by atoms with Gasteiger partial charge in [0.25, 0.3) is 0 Å². The molecule has 5 N–H and O–H groups in total. The van der Waals surface area contributed by atoms with Crippen LogP contribution in [0.3, 0.4) is 0 Å². The summed E-state index contributed by atoms with van der Waals surface area (Å²) in [5, 5.41) is 44.7. The molecular formula is C12H22O6. The zero-order valence-electron chi connectivity index (χ0n) is 10.3. The topological polar surface area (TPSA) is 110 Å². The molecule has 0 amide bonds. The molecular weight excluding hydrogens is 240 g/mol. The fraction of sp³-hybridized carbons (Fsp3) is 0.667. The monoisotopic (exact) mass is 262 g/mol. The maximum absolute atomic E-state index is 9.39. The third kappa shape index (κ3) is 10.1. The summed E-state index contributed by atoms with van der Waals surface area (Å²) in [6.07, 6.45) is 2.95. The number of ether oxygens (including phenoxy) is 1. The third-order valence-electron chi connectivity index (χ3n) is 2.19. The number of aliphatic hydroxyl groups excluding tert-OH is 5. The lowest BCUT2D eigenvalue weighted by atomic mass is 10.2. The molecule has 0 saturated carbocycles. The van der Waals surface area contributed by atoms with E-state index in [0.29, 0.717) is 12.8 Å². The first kappa shape index (κ1) is 16.9. The van der Waals surface area contributed by atoms with E-state index in [2.05, 4.69) is 0 Å². The van der Waals surface area contributed by atoms with Crippen molar-refractivity contribution in [2.45, 2.75) is 32.0 Å². The molecule has 106 valence electrons. The zero-order valence-corrected chi connectivity index (χ0v) is 10.3. The first-order valence-corrected chi connectivity index (χ1v) is 5.87. The quantitative estimate of drug-likeness (QED) is 0.226. The van der Waals surface area contributed by atoms with E-state index >= 15 is 0 Å². The van der Waals surface area contributed by atoms with Gasteiger partial charge in [-0.15, -0.1) is 0 Å². The fourth-order valence-corrected chi connectivity index (χ4v) is 1.24. The van der Waals surface area contributed by atoms with Gasteiger partial charge < -0.3 is 30.3 Å². The van der Waals surface area contributed by atoms with E-state index in [1.165, 1.54) is 12.2 Å². The molecule has 0 heterocycles. The van der Waals surface area contributed by atoms with Crippen molar-refractivity contribution in [3.8, 4) is 0 Å². The summed E-state index contributed by atoms with van der Waals surface area (Å²) in [6.45, 7) is -0.167. The van der Waals surface area contributed by atoms with Crippen LogP contribution in [0.25, 0.3) is 0 Å². The third-order valence-corrected chi connectivity index (χ3v) is 2.19. The minimum Gasteiger partial charge on any atom is -0.513 e. The number of allylic oxidation sites excluding steroid dienone is 2. The Hall–Kier alpha value is -1.08. The normalized spacial score (nSPS) is 14.8. The SMILES string of the molecule is OCC=C(O)CCCOC(O)CCC(O)=CCO. The average molecular weight is 262 g/mol. The van der Waals surface area contributed by atoms with Gasteiger partial charge in [0.2, 0.25) is 0 Å². The predicted octanol–water partition coefficient (Wildman–Crippen LogP) is 0.750. The Morgan fingerprint density at radius 3 is 2.11 bits per heavy atom. The lowest BCUT2D eigenvalue weighted by Gasteiger charge is -2.11. The van der Waals surface area contributed by atoms with Crippen molar-refractivity contribution in [1.29, 1.82) is 0 Å². The van der Waals surface area contributed by atoms with Crippen LogP contribution >= 0.6 is 0 Å². The Labute approximate surface area is 106 Å². The van der Waals surface area contributed by atoms with Crippen LogP contribution in [0.2, 0.25) is 0 Å². The van der Waals surface area contributed by atoms with Crippen LogP contribution in [0, 0.1) is 0 Å². The zero-order chi connectivity index (χ0) is 13.8. The molecule has 0 radical (unpaired) electrons. The molecule has 6 heteroatoms. The van der Waals surface area contributed by atoms with Crippen LogP contribution < -0.4 is 0 Å². The highest BCUT2D eigenvalue weighted by atomic mass is 16.6. The van der Waals surface area contributed by atoms with Gasteiger partial charge >= 0.3 is 0 Å². The van der Waals surface area contributed by atoms with Crippen LogP contribution in [-0.2, 0) is 4.74 Å². The summed E-state index contributed by atoms with van der Waals surface area (Å²) in [5.74, 6) is 0.114. The van der Waals surface area contributed by atoms with Gasteiger partial charge in [-0.3, -0.25) is 0 Å². The van der Waals surface area contributed by atoms with Gasteiger partial charge in [-0.2, -0.15) is 0 Å². The van der Waals surface area contributed by atoms with Crippen molar-refractivity contribution in [3.63, 3.8) is 0 Å². The van der Waals surface area contributed by atoms with Crippen LogP contribution in [0.4, 0.5) is 0 Å². The molecule has 0 spiro atoms. The number of rotatable bonds is 10. The molecule has 0 rings (SSSR count). The Kier molecular flexibility index (Phi) is 10.4. The summed E-state index contributed by atoms with van der Waals surface area (Å²) in [7, 11) is 0. The van der Waals surface area contributed by atoms with E-state index in [1.807, 2.05) is 0 Å². The van der Waals surface area contributed by atoms with Gasteiger partial charge in [0.15, 0.2) is 6.29 Å². The first-order valence-electron chi connectivity index (χ1n) is 5.87. The molecule has 0 aromatic heterocycles. The second-order valence-electron chi connectivity index (χ2n) is 3.72. The first-order chi connectivity index (χ1) is 8.60. The van der Waals surface area contributed by atoms with Crippen molar-refractivity contribution < 1.29 is 30.3 Å². The summed E-state index contributed by atoms with van der Waals surface area (Å²) in [4.78, 5) is 0. The molecule has 0 bridgehead atoms. The van der Waals surface area contributed by atoms with Crippen LogP contribution in [0.5, 0.6) is 0 Å². The number of hydrogen-bond donors (Lipinski definition) is 5. The number of aliphatic hydroxyl groups is 5. The van der Waals surface area contributed by atoms with Crippen LogP contribution in [-0.4, -0.2) is 51.6 Å². The minimum absolute atomic E-state index is 0.0173. The van der Waals surface area contributed by atoms with E-state index < -0.39 is 6.29 Å². The van der Waals surface area contributed by atoms with Gasteiger partial charge in [0, 0.05) is 19.3 Å². The Morgan fingerprint density at radius 2 is 1.56 bits per heavy atom. The van der Waals surface area contributed by atoms with Gasteiger partial charge in [-0.1, -0.05) is 0 Å². The van der Waals surface area contributed by atoms with E-state index in [-0.39, 0.29) is 44.2 Å². The molecule has 0 aliphatic heterocycles. The highest BCUT2D eigenvalue weighted by Crippen LogP contribution is 2.07. The minimum atomic E-state index is -0.983. The molecule has 0 aromatic carbocycles. The van der Waals surface area contributed by atoms with E-state index in [4.69, 9.17) is 20.1 Å². The summed E-state index contributed by atoms with van der Waals surface area (Å²) >= 11 is 0. The lowest BCUT2D eigenvalue weighted by molar-refractivity contribution is -0.104. The maximum Gasteiger partial charge on any atom is 0.154 e. The Morgan fingerprint density at radius 1 is 1.00 bits per heavy atom. The molecule has 0 aromatic rings. The Bertz CT molecular complexity index is 261. The van der Waals surface area contributed by atoms with Crippen LogP contribution in [0.1, 0.15) is 25.7 Å². The van der Waals surface area contributed by atoms with E-state index in [9.17, 15) is 10.2 Å². The van der Waals surface area contributed by atoms with Crippen molar-refractivity contribution in [2.24, 2.45) is 0 Å². The van der Waals surface area contributed by atoms with Crippen LogP contribution in [0.15, 0.2) is 23.7 Å². The molecule has 1 atom stereocenters. The molecule has 1 unspecified atom stereocenters. The van der Waals surface area contributed by atoms with Gasteiger partial charge in [0.1, 0.15) is 0 Å². The molecule has 0 saturated heterocycles. The maximum atomic E-state index is 9.39. The summed E-state index contributed by atoms with van der Waals surface area (Å²) < 4.78 is 5.05. The van der Waals surface area contributed by atoms with Gasteiger partial charge in [0.05, 0.1) is 31.3 Å². The summed E-state index contributed by atoms with van der Waals surface area (Å²) in [5.41, 5.74) is 0. The molecule has 0 aliphatic rings. The number of hydrogen-bond acceptors (Lipinski definition) is 6. The van der Waals surface area contributed by atoms with Crippen molar-refractivity contribution in [1.82, 2.24) is 0 Å². The second kappa shape index (κ2) is 11.0. The molecule has 18 heavy (non-hydrogen) atoms. The predicted molar refractivity (Wildman–Crippen MR) is 66.0 cm³/mol. The molecule has 0 aliphatic carbocycles. The average Bonchev–Trinajstić information content (AvgIpc) is 2.33. The smallest absolute Gasteiger partial charge is 0.154 e. The fourth-order valence-electron chi connectivity index (χ4n) is 1.24. The van der Waals surface area contributed by atoms with E-state index in [1.54, 1.807) is 0 Å². The van der Waals surface area contributed by atoms with E-state index in [0.717, 1.165) is 0 Å². The second-order valence-corrected chi connectivity index (χ2v) is 3.72. The van der Waals surface area contributed by atoms with Crippen molar-refractivity contribution in [3.05, 3.63) is 23.7 Å². The Balaban J connectivity index is 3.56.